The van der Waals surface area contributed by atoms with Crippen molar-refractivity contribution in [3.63, 3.8) is 0 Å². The van der Waals surface area contributed by atoms with Crippen LogP contribution in [0.1, 0.15) is 41.0 Å². The summed E-state index contributed by atoms with van der Waals surface area (Å²) < 4.78 is 47.7. The molecule has 1 unspecified atom stereocenters. The molecule has 35 heavy (non-hydrogen) atoms. The number of halogens is 1. The van der Waals surface area contributed by atoms with E-state index in [1.165, 1.54) is 22.5 Å². The number of nitrogens with zero attached hydrogens (tertiary/aromatic N) is 2. The van der Waals surface area contributed by atoms with E-state index in [1.54, 1.807) is 25.1 Å². The number of carbonyl (C=O) groups excluding carboxylic acids is 1. The molecule has 0 bridgehead atoms. The fraction of sp³-hybridized carbons (Fsp3) is 0.308. The summed E-state index contributed by atoms with van der Waals surface area (Å²) in [6.45, 7) is 5.74. The molecule has 1 aliphatic rings. The molecule has 1 N–H and O–H groups in total. The molecule has 0 spiro atoms. The van der Waals surface area contributed by atoms with E-state index < -0.39 is 21.8 Å². The number of piperidine rings is 1. The van der Waals surface area contributed by atoms with Gasteiger partial charge in [0.05, 0.1) is 5.92 Å². The van der Waals surface area contributed by atoms with Crippen LogP contribution in [0.25, 0.3) is 12.2 Å². The number of benzene rings is 2. The molecule has 0 radical (unpaired) electrons. The molecule has 1 aliphatic heterocycles. The molecule has 1 amide bonds. The van der Waals surface area contributed by atoms with Crippen LogP contribution in [0.4, 0.5) is 10.1 Å². The minimum absolute atomic E-state index is 0.0212. The van der Waals surface area contributed by atoms with Crippen molar-refractivity contribution in [3.8, 4) is 0 Å². The molecule has 1 aromatic heterocycles. The molecule has 4 rings (SSSR count). The van der Waals surface area contributed by atoms with Gasteiger partial charge in [-0.3, -0.25) is 4.79 Å². The molecular weight excluding hydrogens is 469 g/mol. The molecule has 0 saturated carbocycles. The second-order valence-corrected chi connectivity index (χ2v) is 10.6. The fourth-order valence-electron chi connectivity index (χ4n) is 4.32. The first-order chi connectivity index (χ1) is 16.7. The number of para-hydroxylation sites is 1. The molecule has 1 atom stereocenters. The van der Waals surface area contributed by atoms with Crippen molar-refractivity contribution in [2.45, 2.75) is 38.5 Å². The molecule has 2 aromatic carbocycles. The largest absolute Gasteiger partial charge is 0.355 e. The molecular formula is C26H28FN3O4S. The number of amides is 1. The van der Waals surface area contributed by atoms with E-state index in [9.17, 15) is 17.6 Å². The van der Waals surface area contributed by atoms with Gasteiger partial charge in [0.1, 0.15) is 11.5 Å². The summed E-state index contributed by atoms with van der Waals surface area (Å²) >= 11 is 0. The first-order valence-electron chi connectivity index (χ1n) is 11.4. The Morgan fingerprint density at radius 3 is 2.54 bits per heavy atom. The van der Waals surface area contributed by atoms with Gasteiger partial charge in [-0.05, 0) is 63.0 Å². The standard InChI is InChI=1S/C26H28FN3O4S/c1-17-8-6-9-18(2)24(17)28-26(31)21-11-7-15-30(16-21)35(32,33)25-19(3)29-34-23(25)14-13-20-10-4-5-12-22(20)27/h4-6,8-10,12-14,21H,7,11,15-16H2,1-3H3,(H,28,31). The van der Waals surface area contributed by atoms with Crippen LogP contribution in [0.3, 0.4) is 0 Å². The lowest BCUT2D eigenvalue weighted by atomic mass is 9.98. The summed E-state index contributed by atoms with van der Waals surface area (Å²) in [5, 5.41) is 6.82. The Kier molecular flexibility index (Phi) is 7.18. The van der Waals surface area contributed by atoms with Crippen LogP contribution in [0.5, 0.6) is 0 Å². The third-order valence-corrected chi connectivity index (χ3v) is 8.26. The molecule has 1 saturated heterocycles. The van der Waals surface area contributed by atoms with Gasteiger partial charge in [0.15, 0.2) is 10.7 Å². The Morgan fingerprint density at radius 2 is 1.83 bits per heavy atom. The fourth-order valence-corrected chi connectivity index (χ4v) is 6.09. The Hall–Kier alpha value is -3.30. The van der Waals surface area contributed by atoms with Crippen molar-refractivity contribution >= 4 is 33.8 Å². The van der Waals surface area contributed by atoms with Crippen LogP contribution in [-0.2, 0) is 14.8 Å². The highest BCUT2D eigenvalue weighted by Crippen LogP contribution is 2.30. The predicted molar refractivity (Wildman–Crippen MR) is 133 cm³/mol. The van der Waals surface area contributed by atoms with Crippen molar-refractivity contribution in [2.24, 2.45) is 5.92 Å². The summed E-state index contributed by atoms with van der Waals surface area (Å²) in [6, 6.07) is 11.9. The van der Waals surface area contributed by atoms with Gasteiger partial charge in [0, 0.05) is 24.3 Å². The molecule has 3 aromatic rings. The zero-order valence-electron chi connectivity index (χ0n) is 19.9. The van der Waals surface area contributed by atoms with Gasteiger partial charge < -0.3 is 9.84 Å². The normalized spacial score (nSPS) is 17.1. The van der Waals surface area contributed by atoms with E-state index >= 15 is 0 Å². The van der Waals surface area contributed by atoms with Crippen molar-refractivity contribution in [1.29, 1.82) is 0 Å². The maximum Gasteiger partial charge on any atom is 0.248 e. The van der Waals surface area contributed by atoms with Gasteiger partial charge in [0.2, 0.25) is 15.9 Å². The van der Waals surface area contributed by atoms with Gasteiger partial charge in [0.25, 0.3) is 0 Å². The Labute approximate surface area is 204 Å². The number of aryl methyl sites for hydroxylation is 3. The Bertz CT molecular complexity index is 1360. The van der Waals surface area contributed by atoms with E-state index in [2.05, 4.69) is 10.5 Å². The summed E-state index contributed by atoms with van der Waals surface area (Å²) in [6.07, 6.45) is 3.99. The van der Waals surface area contributed by atoms with Crippen LogP contribution < -0.4 is 5.32 Å². The number of sulfonamides is 1. The number of hydrogen-bond acceptors (Lipinski definition) is 5. The molecule has 1 fully saturated rings. The third kappa shape index (κ3) is 5.21. The van der Waals surface area contributed by atoms with Crippen LogP contribution in [0.2, 0.25) is 0 Å². The van der Waals surface area contributed by atoms with E-state index in [1.807, 2.05) is 32.0 Å². The first-order valence-corrected chi connectivity index (χ1v) is 12.9. The second kappa shape index (κ2) is 10.1. The first kappa shape index (κ1) is 24.8. The number of rotatable bonds is 6. The van der Waals surface area contributed by atoms with Crippen LogP contribution >= 0.6 is 0 Å². The number of aromatic nitrogens is 1. The summed E-state index contributed by atoms with van der Waals surface area (Å²) in [4.78, 5) is 13.0. The summed E-state index contributed by atoms with van der Waals surface area (Å²) in [7, 11) is -4.00. The topological polar surface area (TPSA) is 92.5 Å². The second-order valence-electron chi connectivity index (χ2n) is 8.77. The van der Waals surface area contributed by atoms with Crippen LogP contribution in [-0.4, -0.2) is 36.9 Å². The van der Waals surface area contributed by atoms with E-state index in [0.717, 1.165) is 16.8 Å². The lowest BCUT2D eigenvalue weighted by Crippen LogP contribution is -2.44. The minimum atomic E-state index is -4.00. The van der Waals surface area contributed by atoms with Crippen molar-refractivity contribution in [2.75, 3.05) is 18.4 Å². The lowest BCUT2D eigenvalue weighted by Gasteiger charge is -2.31. The van der Waals surface area contributed by atoms with Gasteiger partial charge in [-0.25, -0.2) is 12.8 Å². The highest BCUT2D eigenvalue weighted by atomic mass is 32.2. The molecule has 9 heteroatoms. The van der Waals surface area contributed by atoms with Gasteiger partial charge in [-0.2, -0.15) is 4.31 Å². The predicted octanol–water partition coefficient (Wildman–Crippen LogP) is 4.95. The molecule has 2 heterocycles. The van der Waals surface area contributed by atoms with E-state index in [-0.39, 0.29) is 35.3 Å². The SMILES string of the molecule is Cc1cccc(C)c1NC(=O)C1CCCN(S(=O)(=O)c2c(C)noc2C=Cc2ccccc2F)C1. The average Bonchev–Trinajstić information content (AvgIpc) is 3.22. The zero-order chi connectivity index (χ0) is 25.2. The Balaban J connectivity index is 1.56. The maximum absolute atomic E-state index is 14.0. The van der Waals surface area contributed by atoms with Crippen molar-refractivity contribution < 1.29 is 22.1 Å². The smallest absolute Gasteiger partial charge is 0.248 e. The number of nitrogens with one attached hydrogen (secondary N) is 1. The Morgan fingerprint density at radius 1 is 1.11 bits per heavy atom. The highest BCUT2D eigenvalue weighted by molar-refractivity contribution is 7.89. The van der Waals surface area contributed by atoms with Crippen LogP contribution in [0.15, 0.2) is 51.9 Å². The minimum Gasteiger partial charge on any atom is -0.355 e. The molecule has 184 valence electrons. The quantitative estimate of drug-likeness (QED) is 0.520. The number of anilines is 1. The van der Waals surface area contributed by atoms with Crippen molar-refractivity contribution in [3.05, 3.63) is 76.4 Å². The lowest BCUT2D eigenvalue weighted by molar-refractivity contribution is -0.120. The van der Waals surface area contributed by atoms with Gasteiger partial charge in [-0.15, -0.1) is 0 Å². The number of hydrogen-bond donors (Lipinski definition) is 1. The molecule has 7 nitrogen and oxygen atoms in total. The van der Waals surface area contributed by atoms with E-state index in [0.29, 0.717) is 18.4 Å². The highest BCUT2D eigenvalue weighted by Gasteiger charge is 2.37. The number of carbonyl (C=O) groups is 1. The van der Waals surface area contributed by atoms with E-state index in [4.69, 9.17) is 4.52 Å². The third-order valence-electron chi connectivity index (χ3n) is 6.23. The monoisotopic (exact) mass is 497 g/mol. The summed E-state index contributed by atoms with van der Waals surface area (Å²) in [5.41, 5.74) is 3.16. The maximum atomic E-state index is 14.0. The van der Waals surface area contributed by atoms with Gasteiger partial charge in [-0.1, -0.05) is 41.6 Å². The molecule has 0 aliphatic carbocycles. The van der Waals surface area contributed by atoms with Crippen molar-refractivity contribution in [1.82, 2.24) is 9.46 Å². The zero-order valence-corrected chi connectivity index (χ0v) is 20.7. The average molecular weight is 498 g/mol. The van der Waals surface area contributed by atoms with Gasteiger partial charge >= 0.3 is 0 Å². The van der Waals surface area contributed by atoms with Crippen LogP contribution in [0, 0.1) is 32.5 Å². The summed E-state index contributed by atoms with van der Waals surface area (Å²) in [5.74, 6) is -1.11.